The molecular weight excluding hydrogens is 283 g/mol. The van der Waals surface area contributed by atoms with Crippen molar-refractivity contribution in [1.29, 1.82) is 0 Å². The van der Waals surface area contributed by atoms with Gasteiger partial charge in [0.25, 0.3) is 0 Å². The topological polar surface area (TPSA) is 52.6 Å². The number of hydrogen-bond acceptors (Lipinski definition) is 3. The van der Waals surface area contributed by atoms with E-state index in [0.717, 1.165) is 25.9 Å². The van der Waals surface area contributed by atoms with Gasteiger partial charge in [-0.05, 0) is 43.5 Å². The molecule has 2 rings (SSSR count). The third kappa shape index (κ3) is 4.16. The van der Waals surface area contributed by atoms with Crippen molar-refractivity contribution in [2.24, 2.45) is 5.92 Å². The molecule has 0 radical (unpaired) electrons. The van der Waals surface area contributed by atoms with Crippen LogP contribution < -0.4 is 5.32 Å². The van der Waals surface area contributed by atoms with Crippen molar-refractivity contribution in [3.8, 4) is 0 Å². The Kier molecular flexibility index (Phi) is 5.34. The number of nitrogens with zero attached hydrogens (tertiary/aromatic N) is 1. The Labute approximate surface area is 122 Å². The predicted molar refractivity (Wildman–Crippen MR) is 76.3 cm³/mol. The summed E-state index contributed by atoms with van der Waals surface area (Å²) in [5.74, 6) is -0.179. The minimum absolute atomic E-state index is 0.00742. The molecule has 6 heteroatoms. The smallest absolute Gasteiger partial charge is 0.238 e. The number of carbonyl (C=O) groups excluding carboxylic acids is 1. The highest BCUT2D eigenvalue weighted by atomic mass is 35.5. The summed E-state index contributed by atoms with van der Waals surface area (Å²) >= 11 is 5.66. The van der Waals surface area contributed by atoms with Gasteiger partial charge in [0.2, 0.25) is 5.91 Å². The van der Waals surface area contributed by atoms with Crippen molar-refractivity contribution in [2.75, 3.05) is 31.6 Å². The van der Waals surface area contributed by atoms with Crippen LogP contribution in [0.2, 0.25) is 5.02 Å². The van der Waals surface area contributed by atoms with Gasteiger partial charge in [-0.3, -0.25) is 9.69 Å². The van der Waals surface area contributed by atoms with Crippen LogP contribution in [0.15, 0.2) is 18.2 Å². The average molecular weight is 301 g/mol. The number of aliphatic hydroxyl groups excluding tert-OH is 1. The van der Waals surface area contributed by atoms with E-state index in [9.17, 15) is 9.18 Å². The Hall–Kier alpha value is -1.17. The molecule has 0 bridgehead atoms. The van der Waals surface area contributed by atoms with Crippen molar-refractivity contribution in [3.05, 3.63) is 29.0 Å². The second kappa shape index (κ2) is 7.02. The molecule has 1 unspecified atom stereocenters. The summed E-state index contributed by atoms with van der Waals surface area (Å²) in [5.41, 5.74) is 0.493. The molecule has 1 amide bonds. The molecule has 1 heterocycles. The lowest BCUT2D eigenvalue weighted by Crippen LogP contribution is -2.31. The van der Waals surface area contributed by atoms with Gasteiger partial charge in [0.15, 0.2) is 0 Å². The maximum Gasteiger partial charge on any atom is 0.238 e. The standard InChI is InChI=1S/C14H18ClFN2O2/c15-12-7-11(1-2-13(12)16)17-14(20)9-18-5-3-10(8-18)4-6-19/h1-2,7,10,19H,3-6,8-9H2,(H,17,20). The van der Waals surface area contributed by atoms with Crippen molar-refractivity contribution in [3.63, 3.8) is 0 Å². The van der Waals surface area contributed by atoms with Gasteiger partial charge in [0.05, 0.1) is 11.6 Å². The molecule has 4 nitrogen and oxygen atoms in total. The molecule has 1 fully saturated rings. The molecule has 0 saturated carbocycles. The predicted octanol–water partition coefficient (Wildman–Crippen LogP) is 2.12. The van der Waals surface area contributed by atoms with E-state index in [1.165, 1.54) is 18.2 Å². The van der Waals surface area contributed by atoms with Crippen molar-refractivity contribution in [2.45, 2.75) is 12.8 Å². The summed E-state index contributed by atoms with van der Waals surface area (Å²) in [7, 11) is 0. The molecule has 1 aliphatic heterocycles. The van der Waals surface area contributed by atoms with Crippen LogP contribution in [-0.2, 0) is 4.79 Å². The van der Waals surface area contributed by atoms with E-state index in [2.05, 4.69) is 10.2 Å². The maximum atomic E-state index is 13.0. The van der Waals surface area contributed by atoms with E-state index in [0.29, 0.717) is 18.2 Å². The molecular formula is C14H18ClFN2O2. The average Bonchev–Trinajstić information content (AvgIpc) is 2.81. The van der Waals surface area contributed by atoms with Gasteiger partial charge in [0.1, 0.15) is 5.82 Å². The molecule has 1 saturated heterocycles. The van der Waals surface area contributed by atoms with Gasteiger partial charge < -0.3 is 10.4 Å². The van der Waals surface area contributed by atoms with Gasteiger partial charge in [-0.15, -0.1) is 0 Å². The largest absolute Gasteiger partial charge is 0.396 e. The van der Waals surface area contributed by atoms with E-state index in [1.807, 2.05) is 0 Å². The third-order valence-corrected chi connectivity index (χ3v) is 3.77. The number of carbonyl (C=O) groups is 1. The van der Waals surface area contributed by atoms with Crippen LogP contribution >= 0.6 is 11.6 Å². The summed E-state index contributed by atoms with van der Waals surface area (Å²) in [4.78, 5) is 13.9. The molecule has 0 aromatic heterocycles. The number of anilines is 1. The molecule has 1 atom stereocenters. The Morgan fingerprint density at radius 1 is 1.55 bits per heavy atom. The summed E-state index contributed by atoms with van der Waals surface area (Å²) in [6.45, 7) is 2.19. The fourth-order valence-electron chi connectivity index (χ4n) is 2.45. The van der Waals surface area contributed by atoms with E-state index in [1.54, 1.807) is 0 Å². The summed E-state index contributed by atoms with van der Waals surface area (Å²) in [6.07, 6.45) is 1.79. The molecule has 20 heavy (non-hydrogen) atoms. The highest BCUT2D eigenvalue weighted by Crippen LogP contribution is 2.21. The van der Waals surface area contributed by atoms with Gasteiger partial charge in [-0.25, -0.2) is 4.39 Å². The van der Waals surface area contributed by atoms with Crippen LogP contribution in [0.5, 0.6) is 0 Å². The van der Waals surface area contributed by atoms with E-state index < -0.39 is 5.82 Å². The van der Waals surface area contributed by atoms with Crippen LogP contribution in [0, 0.1) is 11.7 Å². The number of amides is 1. The van der Waals surface area contributed by atoms with Crippen LogP contribution in [-0.4, -0.2) is 42.2 Å². The molecule has 110 valence electrons. The first-order chi connectivity index (χ1) is 9.58. The van der Waals surface area contributed by atoms with Crippen molar-refractivity contribution >= 4 is 23.2 Å². The lowest BCUT2D eigenvalue weighted by Gasteiger charge is -2.15. The normalized spacial score (nSPS) is 19.2. The summed E-state index contributed by atoms with van der Waals surface area (Å²) in [6, 6.07) is 4.11. The molecule has 1 aliphatic rings. The first-order valence-corrected chi connectivity index (χ1v) is 7.04. The van der Waals surface area contributed by atoms with Gasteiger partial charge in [-0.2, -0.15) is 0 Å². The lowest BCUT2D eigenvalue weighted by molar-refractivity contribution is -0.117. The van der Waals surface area contributed by atoms with E-state index in [4.69, 9.17) is 16.7 Å². The van der Waals surface area contributed by atoms with Gasteiger partial charge in [-0.1, -0.05) is 11.6 Å². The molecule has 1 aromatic carbocycles. The van der Waals surface area contributed by atoms with Crippen LogP contribution in [0.3, 0.4) is 0 Å². The Balaban J connectivity index is 1.82. The SMILES string of the molecule is O=C(CN1CCC(CCO)C1)Nc1ccc(F)c(Cl)c1. The highest BCUT2D eigenvalue weighted by Gasteiger charge is 2.23. The second-order valence-electron chi connectivity index (χ2n) is 5.08. The highest BCUT2D eigenvalue weighted by molar-refractivity contribution is 6.31. The monoisotopic (exact) mass is 300 g/mol. The number of halogens is 2. The first kappa shape index (κ1) is 15.2. The Bertz CT molecular complexity index is 484. The number of likely N-dealkylation sites (tertiary alicyclic amines) is 1. The summed E-state index contributed by atoms with van der Waals surface area (Å²) < 4.78 is 13.0. The summed E-state index contributed by atoms with van der Waals surface area (Å²) in [5, 5.41) is 11.6. The maximum absolute atomic E-state index is 13.0. The van der Waals surface area contributed by atoms with Gasteiger partial charge in [0, 0.05) is 18.8 Å². The zero-order valence-corrected chi connectivity index (χ0v) is 11.9. The molecule has 1 aromatic rings. The number of benzene rings is 1. The minimum Gasteiger partial charge on any atom is -0.396 e. The quantitative estimate of drug-likeness (QED) is 0.876. The second-order valence-corrected chi connectivity index (χ2v) is 5.49. The number of aliphatic hydroxyl groups is 1. The van der Waals surface area contributed by atoms with Gasteiger partial charge >= 0.3 is 0 Å². The zero-order valence-electron chi connectivity index (χ0n) is 11.1. The van der Waals surface area contributed by atoms with E-state index in [-0.39, 0.29) is 17.5 Å². The fourth-order valence-corrected chi connectivity index (χ4v) is 2.63. The number of nitrogens with one attached hydrogen (secondary N) is 1. The lowest BCUT2D eigenvalue weighted by atomic mass is 10.1. The fraction of sp³-hybridized carbons (Fsp3) is 0.500. The molecule has 0 spiro atoms. The Morgan fingerprint density at radius 2 is 2.35 bits per heavy atom. The Morgan fingerprint density at radius 3 is 3.05 bits per heavy atom. The van der Waals surface area contributed by atoms with Crippen molar-refractivity contribution < 1.29 is 14.3 Å². The van der Waals surface area contributed by atoms with Crippen LogP contribution in [0.4, 0.5) is 10.1 Å². The molecule has 2 N–H and O–H groups in total. The number of hydrogen-bond donors (Lipinski definition) is 2. The third-order valence-electron chi connectivity index (χ3n) is 3.48. The zero-order chi connectivity index (χ0) is 14.5. The minimum atomic E-state index is -0.504. The number of rotatable bonds is 5. The van der Waals surface area contributed by atoms with Crippen LogP contribution in [0.25, 0.3) is 0 Å². The van der Waals surface area contributed by atoms with E-state index >= 15 is 0 Å². The first-order valence-electron chi connectivity index (χ1n) is 6.66. The van der Waals surface area contributed by atoms with Crippen molar-refractivity contribution in [1.82, 2.24) is 4.90 Å². The molecule has 0 aliphatic carbocycles. The van der Waals surface area contributed by atoms with Crippen LogP contribution in [0.1, 0.15) is 12.8 Å².